The normalized spacial score (nSPS) is 10.7. The number of Topliss-reactive ketones (excluding diaryl/α,β-unsaturated/α-hetero) is 1. The van der Waals surface area contributed by atoms with Crippen LogP contribution in [-0.2, 0) is 6.42 Å². The van der Waals surface area contributed by atoms with E-state index in [0.29, 0.717) is 21.2 Å². The van der Waals surface area contributed by atoms with E-state index < -0.39 is 0 Å². The first-order valence-corrected chi connectivity index (χ1v) is 10.1. The Bertz CT molecular complexity index is 783. The van der Waals surface area contributed by atoms with Crippen LogP contribution in [0.15, 0.2) is 43.7 Å². The second-order valence-electron chi connectivity index (χ2n) is 5.53. The van der Waals surface area contributed by atoms with Gasteiger partial charge in [0.25, 0.3) is 0 Å². The van der Waals surface area contributed by atoms with Gasteiger partial charge in [-0.05, 0) is 73.1 Å². The van der Waals surface area contributed by atoms with Crippen LogP contribution >= 0.6 is 47.8 Å². The highest BCUT2D eigenvalue weighted by Crippen LogP contribution is 2.41. The molecule has 2 rings (SSSR count). The summed E-state index contributed by atoms with van der Waals surface area (Å²) in [5, 5.41) is 0. The van der Waals surface area contributed by atoms with Gasteiger partial charge in [-0.25, -0.2) is 0 Å². The minimum atomic E-state index is -0.132. The van der Waals surface area contributed by atoms with E-state index in [9.17, 15) is 9.59 Å². The van der Waals surface area contributed by atoms with E-state index in [1.807, 2.05) is 18.2 Å². The predicted octanol–water partition coefficient (Wildman–Crippen LogP) is 6.75. The summed E-state index contributed by atoms with van der Waals surface area (Å²) >= 11 is 10.6. The maximum atomic E-state index is 13.2. The van der Waals surface area contributed by atoms with Crippen molar-refractivity contribution >= 4 is 59.4 Å². The van der Waals surface area contributed by atoms with Crippen LogP contribution in [-0.4, -0.2) is 11.6 Å². The molecule has 5 heteroatoms. The molecule has 0 aliphatic carbocycles. The summed E-state index contributed by atoms with van der Waals surface area (Å²) in [4.78, 5) is 25.5. The van der Waals surface area contributed by atoms with Crippen molar-refractivity contribution in [3.8, 4) is 0 Å². The molecule has 126 valence electrons. The van der Waals surface area contributed by atoms with Crippen molar-refractivity contribution in [2.24, 2.45) is 0 Å². The maximum Gasteiger partial charge on any atom is 0.194 e. The van der Waals surface area contributed by atoms with Gasteiger partial charge in [0.15, 0.2) is 11.6 Å². The smallest absolute Gasteiger partial charge is 0.194 e. The third-order valence-electron chi connectivity index (χ3n) is 3.82. The van der Waals surface area contributed by atoms with E-state index in [-0.39, 0.29) is 11.6 Å². The summed E-state index contributed by atoms with van der Waals surface area (Å²) in [5.74, 6) is -0.257. The third-order valence-corrected chi connectivity index (χ3v) is 7.34. The summed E-state index contributed by atoms with van der Waals surface area (Å²) in [5.41, 5.74) is 2.39. The molecular formula is C19H17Br3O2. The molecule has 24 heavy (non-hydrogen) atoms. The van der Waals surface area contributed by atoms with Crippen molar-refractivity contribution in [1.82, 2.24) is 0 Å². The molecule has 2 aromatic rings. The molecule has 0 aromatic heterocycles. The molecular weight excluding hydrogens is 500 g/mol. The van der Waals surface area contributed by atoms with Gasteiger partial charge in [-0.2, -0.15) is 0 Å². The predicted molar refractivity (Wildman–Crippen MR) is 108 cm³/mol. The highest BCUT2D eigenvalue weighted by Gasteiger charge is 2.27. The van der Waals surface area contributed by atoms with Crippen LogP contribution in [0.25, 0.3) is 0 Å². The molecule has 0 amide bonds. The zero-order valence-electron chi connectivity index (χ0n) is 13.5. The van der Waals surface area contributed by atoms with E-state index in [1.54, 1.807) is 12.1 Å². The Morgan fingerprint density at radius 2 is 1.54 bits per heavy atom. The summed E-state index contributed by atoms with van der Waals surface area (Å²) in [7, 11) is 0. The van der Waals surface area contributed by atoms with Gasteiger partial charge in [-0.1, -0.05) is 43.7 Å². The second-order valence-corrected chi connectivity index (χ2v) is 7.90. The number of hydrogen-bond acceptors (Lipinski definition) is 2. The summed E-state index contributed by atoms with van der Waals surface area (Å²) in [6.07, 6.45) is 2.69. The van der Waals surface area contributed by atoms with Crippen LogP contribution in [0.5, 0.6) is 0 Å². The number of ketones is 2. The molecule has 0 N–H and O–H groups in total. The topological polar surface area (TPSA) is 34.1 Å². The highest BCUT2D eigenvalue weighted by atomic mass is 79.9. The first kappa shape index (κ1) is 19.5. The number of carbonyl (C=O) groups excluding carboxylic acids is 2. The van der Waals surface area contributed by atoms with Crippen molar-refractivity contribution < 1.29 is 9.59 Å². The molecule has 0 unspecified atom stereocenters. The van der Waals surface area contributed by atoms with Crippen LogP contribution in [0.4, 0.5) is 0 Å². The number of carbonyl (C=O) groups is 2. The first-order chi connectivity index (χ1) is 11.4. The molecule has 0 saturated heterocycles. The van der Waals surface area contributed by atoms with Crippen LogP contribution in [0, 0.1) is 0 Å². The SMILES string of the molecule is CCCCc1c(Br)c(Br)c(Br)c(C(C)=O)c1C(=O)c1ccccc1. The van der Waals surface area contributed by atoms with Gasteiger partial charge in [0, 0.05) is 30.1 Å². The molecule has 2 aromatic carbocycles. The molecule has 0 spiro atoms. The van der Waals surface area contributed by atoms with Gasteiger partial charge in [-0.3, -0.25) is 9.59 Å². The lowest BCUT2D eigenvalue weighted by atomic mass is 9.90. The van der Waals surface area contributed by atoms with E-state index in [1.165, 1.54) is 6.92 Å². The molecule has 0 atom stereocenters. The van der Waals surface area contributed by atoms with E-state index >= 15 is 0 Å². The number of rotatable bonds is 6. The monoisotopic (exact) mass is 514 g/mol. The van der Waals surface area contributed by atoms with Gasteiger partial charge in [0.2, 0.25) is 0 Å². The van der Waals surface area contributed by atoms with Crippen LogP contribution in [0.1, 0.15) is 58.5 Å². The standard InChI is InChI=1S/C19H17Br3O2/c1-3-4-10-13-15(19(24)12-8-6-5-7-9-12)14(11(2)23)17(21)18(22)16(13)20/h5-9H,3-4,10H2,1-2H3. The Kier molecular flexibility index (Phi) is 6.96. The fourth-order valence-electron chi connectivity index (χ4n) is 2.61. The Hall–Kier alpha value is -0.780. The fourth-order valence-corrected chi connectivity index (χ4v) is 4.59. The lowest BCUT2D eigenvalue weighted by Gasteiger charge is -2.18. The first-order valence-electron chi connectivity index (χ1n) is 7.70. The van der Waals surface area contributed by atoms with Crippen molar-refractivity contribution in [1.29, 1.82) is 0 Å². The van der Waals surface area contributed by atoms with Gasteiger partial charge >= 0.3 is 0 Å². The maximum absolute atomic E-state index is 13.2. The molecule has 0 aliphatic rings. The molecule has 0 saturated carbocycles. The molecule has 2 nitrogen and oxygen atoms in total. The number of hydrogen-bond donors (Lipinski definition) is 0. The summed E-state index contributed by atoms with van der Waals surface area (Å²) in [6, 6.07) is 9.08. The van der Waals surface area contributed by atoms with Gasteiger partial charge in [0.05, 0.1) is 0 Å². The molecule has 0 aliphatic heterocycles. The largest absolute Gasteiger partial charge is 0.294 e. The molecule has 0 radical (unpaired) electrons. The van der Waals surface area contributed by atoms with Crippen molar-refractivity contribution in [3.63, 3.8) is 0 Å². The van der Waals surface area contributed by atoms with E-state index in [2.05, 4.69) is 54.7 Å². The van der Waals surface area contributed by atoms with E-state index in [0.717, 1.165) is 33.8 Å². The van der Waals surface area contributed by atoms with Crippen LogP contribution in [0.2, 0.25) is 0 Å². The van der Waals surface area contributed by atoms with Crippen molar-refractivity contribution in [2.45, 2.75) is 33.1 Å². The van der Waals surface area contributed by atoms with Crippen molar-refractivity contribution in [3.05, 3.63) is 66.0 Å². The molecule has 0 fully saturated rings. The Labute approximate surface area is 167 Å². The number of halogens is 3. The van der Waals surface area contributed by atoms with Crippen molar-refractivity contribution in [2.75, 3.05) is 0 Å². The number of unbranched alkanes of at least 4 members (excludes halogenated alkanes) is 1. The second kappa shape index (κ2) is 8.54. The van der Waals surface area contributed by atoms with Gasteiger partial charge in [-0.15, -0.1) is 0 Å². The quantitative estimate of drug-likeness (QED) is 0.314. The van der Waals surface area contributed by atoms with Gasteiger partial charge < -0.3 is 0 Å². The lowest BCUT2D eigenvalue weighted by molar-refractivity contribution is 0.0989. The molecule has 0 bridgehead atoms. The zero-order valence-corrected chi connectivity index (χ0v) is 18.2. The zero-order chi connectivity index (χ0) is 17.9. The Morgan fingerprint density at radius 3 is 2.08 bits per heavy atom. The third kappa shape index (κ3) is 3.89. The number of benzene rings is 2. The van der Waals surface area contributed by atoms with E-state index in [4.69, 9.17) is 0 Å². The average molecular weight is 517 g/mol. The fraction of sp³-hybridized carbons (Fsp3) is 0.263. The summed E-state index contributed by atoms with van der Waals surface area (Å²) < 4.78 is 2.21. The summed E-state index contributed by atoms with van der Waals surface area (Å²) in [6.45, 7) is 3.60. The molecule has 0 heterocycles. The minimum Gasteiger partial charge on any atom is -0.294 e. The minimum absolute atomic E-state index is 0.124. The van der Waals surface area contributed by atoms with Gasteiger partial charge in [0.1, 0.15) is 0 Å². The highest BCUT2D eigenvalue weighted by molar-refractivity contribution is 9.14. The van der Waals surface area contributed by atoms with Crippen LogP contribution < -0.4 is 0 Å². The Morgan fingerprint density at radius 1 is 0.917 bits per heavy atom. The van der Waals surface area contributed by atoms with Crippen LogP contribution in [0.3, 0.4) is 0 Å². The Balaban J connectivity index is 2.79. The average Bonchev–Trinajstić information content (AvgIpc) is 2.58. The lowest BCUT2D eigenvalue weighted by Crippen LogP contribution is -2.14.